The highest BCUT2D eigenvalue weighted by Crippen LogP contribution is 2.41. The topological polar surface area (TPSA) is 131 Å². The Kier molecular flexibility index (Phi) is 10.5. The minimum Gasteiger partial charge on any atom is -0.497 e. The van der Waals surface area contributed by atoms with Crippen LogP contribution in [0.15, 0.2) is 42.6 Å². The number of hydrogen-bond acceptors (Lipinski definition) is 11. The van der Waals surface area contributed by atoms with Crippen molar-refractivity contribution in [2.24, 2.45) is 0 Å². The van der Waals surface area contributed by atoms with Gasteiger partial charge in [0.1, 0.15) is 17.3 Å². The van der Waals surface area contributed by atoms with E-state index in [2.05, 4.69) is 32.1 Å². The van der Waals surface area contributed by atoms with E-state index in [0.717, 1.165) is 44.0 Å². The van der Waals surface area contributed by atoms with Crippen LogP contribution < -0.4 is 33.9 Å². The summed E-state index contributed by atoms with van der Waals surface area (Å²) >= 11 is 0. The lowest BCUT2D eigenvalue weighted by Gasteiger charge is -2.32. The number of piperazine rings is 1. The lowest BCUT2D eigenvalue weighted by atomic mass is 10.2. The molecule has 1 aliphatic rings. The molecule has 1 amide bonds. The highest BCUT2D eigenvalue weighted by Gasteiger charge is 2.24. The van der Waals surface area contributed by atoms with Gasteiger partial charge in [-0.1, -0.05) is 0 Å². The van der Waals surface area contributed by atoms with Crippen LogP contribution in [0.4, 0.5) is 27.9 Å². The van der Waals surface area contributed by atoms with Gasteiger partial charge in [0.2, 0.25) is 11.7 Å². The quantitative estimate of drug-likeness (QED) is 0.282. The number of amides is 1. The van der Waals surface area contributed by atoms with E-state index in [1.807, 2.05) is 0 Å². The summed E-state index contributed by atoms with van der Waals surface area (Å²) in [6.07, 6.45) is 1.06. The molecular formula is C29H38N6O7. The van der Waals surface area contributed by atoms with Gasteiger partial charge in [-0.05, 0) is 25.6 Å². The molecule has 226 valence electrons. The van der Waals surface area contributed by atoms with Crippen molar-refractivity contribution in [3.8, 4) is 28.7 Å². The van der Waals surface area contributed by atoms with Crippen molar-refractivity contribution >= 4 is 29.2 Å². The van der Waals surface area contributed by atoms with E-state index in [-0.39, 0.29) is 17.5 Å². The molecule has 3 aromatic rings. The number of hydrogen-bond donors (Lipinski definition) is 2. The summed E-state index contributed by atoms with van der Waals surface area (Å²) in [6, 6.07) is 9.85. The van der Waals surface area contributed by atoms with Crippen molar-refractivity contribution in [3.63, 3.8) is 0 Å². The van der Waals surface area contributed by atoms with Gasteiger partial charge in [0, 0.05) is 68.9 Å². The summed E-state index contributed by atoms with van der Waals surface area (Å²) in [5, 5.41) is 13.2. The first-order chi connectivity index (χ1) is 20.4. The number of likely N-dealkylation sites (N-methyl/N-ethyl adjacent to an activating group) is 1. The van der Waals surface area contributed by atoms with Gasteiger partial charge in [-0.3, -0.25) is 0 Å². The van der Waals surface area contributed by atoms with Gasteiger partial charge >= 0.3 is 6.09 Å². The predicted octanol–water partition coefficient (Wildman–Crippen LogP) is 4.09. The second-order valence-corrected chi connectivity index (χ2v) is 9.58. The van der Waals surface area contributed by atoms with Crippen LogP contribution in [-0.4, -0.2) is 106 Å². The number of nitrogens with one attached hydrogen (secondary N) is 1. The van der Waals surface area contributed by atoms with Crippen LogP contribution >= 0.6 is 0 Å². The van der Waals surface area contributed by atoms with Crippen LogP contribution in [0.1, 0.15) is 6.42 Å². The Labute approximate surface area is 245 Å². The summed E-state index contributed by atoms with van der Waals surface area (Å²) in [5.74, 6) is 2.50. The summed E-state index contributed by atoms with van der Waals surface area (Å²) in [5.41, 5.74) is 0.812. The van der Waals surface area contributed by atoms with Crippen molar-refractivity contribution < 1.29 is 33.6 Å². The minimum absolute atomic E-state index is 0.104. The number of benzene rings is 2. The number of nitrogens with zero attached hydrogens (tertiary/aromatic N) is 5. The standard InChI is InChI=1S/C29H38N6O7/c1-33-12-14-34(15-13-33)11-6-16-42-25-18-20(17-24(40-4)27(25)41-5)31-28-30-10-9-26(32-28)35(29(36)37)22-19-21(38-2)7-8-23(22)39-3/h7-10,17-19H,6,11-16H2,1-5H3,(H,36,37)(H,30,31,32). The lowest BCUT2D eigenvalue weighted by Crippen LogP contribution is -2.44. The average molecular weight is 583 g/mol. The third kappa shape index (κ3) is 7.42. The Bertz CT molecular complexity index is 1350. The van der Waals surface area contributed by atoms with Crippen LogP contribution in [0, 0.1) is 0 Å². The second kappa shape index (κ2) is 14.4. The fraction of sp³-hybridized carbons (Fsp3) is 0.414. The third-order valence-electron chi connectivity index (χ3n) is 6.86. The van der Waals surface area contributed by atoms with Gasteiger partial charge < -0.3 is 43.9 Å². The molecule has 0 unspecified atom stereocenters. The molecule has 13 nitrogen and oxygen atoms in total. The van der Waals surface area contributed by atoms with Crippen molar-refractivity contribution in [2.75, 3.05) is 85.0 Å². The number of methoxy groups -OCH3 is 4. The lowest BCUT2D eigenvalue weighted by molar-refractivity contribution is 0.145. The summed E-state index contributed by atoms with van der Waals surface area (Å²) in [6.45, 7) is 5.69. The zero-order valence-corrected chi connectivity index (χ0v) is 24.6. The Morgan fingerprint density at radius 1 is 0.952 bits per heavy atom. The Balaban J connectivity index is 1.54. The predicted molar refractivity (Wildman–Crippen MR) is 159 cm³/mol. The Hall–Kier alpha value is -4.49. The van der Waals surface area contributed by atoms with Gasteiger partial charge in [0.25, 0.3) is 0 Å². The Morgan fingerprint density at radius 2 is 1.69 bits per heavy atom. The number of carbonyl (C=O) groups is 1. The third-order valence-corrected chi connectivity index (χ3v) is 6.86. The van der Waals surface area contributed by atoms with E-state index < -0.39 is 6.09 Å². The summed E-state index contributed by atoms with van der Waals surface area (Å²) in [4.78, 5) is 26.9. The first kappa shape index (κ1) is 30.5. The normalized spacial score (nSPS) is 13.7. The second-order valence-electron chi connectivity index (χ2n) is 9.58. The SMILES string of the molecule is COc1ccc(OC)c(N(C(=O)O)c2ccnc(Nc3cc(OC)c(OC)c(OCCCN4CCN(C)CC4)c3)n2)c1. The molecule has 0 spiro atoms. The molecule has 0 atom stereocenters. The maximum Gasteiger partial charge on any atom is 0.417 e. The maximum atomic E-state index is 12.4. The monoisotopic (exact) mass is 582 g/mol. The number of anilines is 4. The maximum absolute atomic E-state index is 12.4. The Morgan fingerprint density at radius 3 is 2.36 bits per heavy atom. The van der Waals surface area contributed by atoms with Crippen molar-refractivity contribution in [3.05, 3.63) is 42.6 Å². The van der Waals surface area contributed by atoms with E-state index in [4.69, 9.17) is 23.7 Å². The number of ether oxygens (including phenoxy) is 5. The van der Waals surface area contributed by atoms with Crippen molar-refractivity contribution in [2.45, 2.75) is 6.42 Å². The van der Waals surface area contributed by atoms with E-state index in [1.54, 1.807) is 44.6 Å². The molecule has 2 aromatic carbocycles. The molecule has 0 bridgehead atoms. The molecule has 1 fully saturated rings. The van der Waals surface area contributed by atoms with Gasteiger partial charge in [-0.25, -0.2) is 14.7 Å². The van der Waals surface area contributed by atoms with Crippen LogP contribution in [0.5, 0.6) is 28.7 Å². The molecule has 0 saturated carbocycles. The van der Waals surface area contributed by atoms with Gasteiger partial charge in [-0.2, -0.15) is 4.98 Å². The average Bonchev–Trinajstić information content (AvgIpc) is 3.00. The first-order valence-corrected chi connectivity index (χ1v) is 13.5. The first-order valence-electron chi connectivity index (χ1n) is 13.5. The molecule has 0 radical (unpaired) electrons. The number of aromatic nitrogens is 2. The zero-order chi connectivity index (χ0) is 30.1. The van der Waals surface area contributed by atoms with Crippen molar-refractivity contribution in [1.82, 2.24) is 19.8 Å². The van der Waals surface area contributed by atoms with E-state index in [1.165, 1.54) is 26.5 Å². The summed E-state index contributed by atoms with van der Waals surface area (Å²) < 4.78 is 27.9. The number of carboxylic acid groups (broad SMARTS) is 1. The molecule has 1 saturated heterocycles. The highest BCUT2D eigenvalue weighted by molar-refractivity contribution is 5.96. The van der Waals surface area contributed by atoms with Gasteiger partial charge in [0.05, 0.1) is 40.7 Å². The fourth-order valence-corrected chi connectivity index (χ4v) is 4.61. The molecule has 13 heteroatoms. The molecule has 2 heterocycles. The molecule has 42 heavy (non-hydrogen) atoms. The zero-order valence-electron chi connectivity index (χ0n) is 24.6. The van der Waals surface area contributed by atoms with Crippen LogP contribution in [0.3, 0.4) is 0 Å². The highest BCUT2D eigenvalue weighted by atomic mass is 16.5. The van der Waals surface area contributed by atoms with E-state index in [9.17, 15) is 9.90 Å². The van der Waals surface area contributed by atoms with Gasteiger partial charge in [0.15, 0.2) is 11.5 Å². The van der Waals surface area contributed by atoms with Crippen LogP contribution in [-0.2, 0) is 0 Å². The summed E-state index contributed by atoms with van der Waals surface area (Å²) in [7, 11) is 8.20. The van der Waals surface area contributed by atoms with Crippen LogP contribution in [0.25, 0.3) is 0 Å². The fourth-order valence-electron chi connectivity index (χ4n) is 4.61. The molecular weight excluding hydrogens is 544 g/mol. The number of rotatable bonds is 13. The smallest absolute Gasteiger partial charge is 0.417 e. The van der Waals surface area contributed by atoms with Crippen molar-refractivity contribution in [1.29, 1.82) is 0 Å². The molecule has 0 aliphatic carbocycles. The largest absolute Gasteiger partial charge is 0.497 e. The molecule has 2 N–H and O–H groups in total. The van der Waals surface area contributed by atoms with Gasteiger partial charge in [-0.15, -0.1) is 0 Å². The minimum atomic E-state index is -1.26. The van der Waals surface area contributed by atoms with E-state index >= 15 is 0 Å². The molecule has 1 aliphatic heterocycles. The van der Waals surface area contributed by atoms with Crippen LogP contribution in [0.2, 0.25) is 0 Å². The molecule has 1 aromatic heterocycles. The molecule has 4 rings (SSSR count). The van der Waals surface area contributed by atoms with E-state index in [0.29, 0.717) is 41.0 Å².